The maximum absolute atomic E-state index is 4.72. The van der Waals surface area contributed by atoms with E-state index in [0.29, 0.717) is 6.04 Å². The molecule has 0 amide bonds. The van der Waals surface area contributed by atoms with Crippen LogP contribution >= 0.6 is 15.9 Å². The molecule has 3 nitrogen and oxygen atoms in total. The van der Waals surface area contributed by atoms with Crippen molar-refractivity contribution in [2.24, 2.45) is 0 Å². The Morgan fingerprint density at radius 2 is 2.05 bits per heavy atom. The molecular weight excluding hydrogens is 326 g/mol. The molecule has 0 fully saturated rings. The summed E-state index contributed by atoms with van der Waals surface area (Å²) in [5.74, 6) is 1.14. The number of unbranched alkanes of at least 4 members (excludes halogenated alkanes) is 1. The third-order valence-corrected chi connectivity index (χ3v) is 4.23. The molecule has 0 saturated carbocycles. The molecule has 21 heavy (non-hydrogen) atoms. The van der Waals surface area contributed by atoms with Crippen LogP contribution in [0.15, 0.2) is 16.7 Å². The second-order valence-corrected chi connectivity index (χ2v) is 6.53. The molecule has 1 N–H and O–H groups in total. The molecule has 0 spiro atoms. The van der Waals surface area contributed by atoms with Crippen molar-refractivity contribution in [3.8, 4) is 0 Å². The van der Waals surface area contributed by atoms with Crippen molar-refractivity contribution in [1.29, 1.82) is 0 Å². The number of halogens is 1. The molecule has 120 valence electrons. The van der Waals surface area contributed by atoms with Gasteiger partial charge in [0.25, 0.3) is 0 Å². The highest BCUT2D eigenvalue weighted by molar-refractivity contribution is 9.10. The molecule has 0 saturated heterocycles. The Kier molecular flexibility index (Phi) is 8.93. The van der Waals surface area contributed by atoms with Crippen LogP contribution in [0.1, 0.15) is 58.9 Å². The van der Waals surface area contributed by atoms with Crippen LogP contribution in [0.4, 0.5) is 5.82 Å². The quantitative estimate of drug-likeness (QED) is 0.613. The minimum atomic E-state index is 0.523. The Hall–Kier alpha value is -0.610. The molecule has 1 atom stereocenters. The van der Waals surface area contributed by atoms with Crippen LogP contribution in [0.2, 0.25) is 0 Å². The number of hydrogen-bond donors (Lipinski definition) is 1. The third-order valence-electron chi connectivity index (χ3n) is 3.80. The summed E-state index contributed by atoms with van der Waals surface area (Å²) < 4.78 is 1.05. The number of anilines is 1. The second-order valence-electron chi connectivity index (χ2n) is 5.62. The summed E-state index contributed by atoms with van der Waals surface area (Å²) >= 11 is 3.55. The fourth-order valence-electron chi connectivity index (χ4n) is 2.35. The fourth-order valence-corrected chi connectivity index (χ4v) is 2.73. The van der Waals surface area contributed by atoms with E-state index < -0.39 is 0 Å². The van der Waals surface area contributed by atoms with Crippen LogP contribution in [-0.4, -0.2) is 24.1 Å². The Morgan fingerprint density at radius 3 is 2.67 bits per heavy atom. The molecule has 0 aliphatic rings. The molecule has 1 rings (SSSR count). The number of nitrogens with zero attached hydrogens (tertiary/aromatic N) is 2. The lowest BCUT2D eigenvalue weighted by molar-refractivity contribution is 0.583. The lowest BCUT2D eigenvalue weighted by Gasteiger charge is -2.31. The van der Waals surface area contributed by atoms with Crippen LogP contribution in [0.5, 0.6) is 0 Å². The van der Waals surface area contributed by atoms with Crippen LogP contribution in [0.3, 0.4) is 0 Å². The lowest BCUT2D eigenvalue weighted by atomic mass is 10.1. The van der Waals surface area contributed by atoms with Gasteiger partial charge in [-0.2, -0.15) is 0 Å². The number of aromatic nitrogens is 1. The number of rotatable bonds is 10. The molecule has 0 aliphatic heterocycles. The molecule has 0 aromatic carbocycles. The number of nitrogens with one attached hydrogen (secondary N) is 1. The van der Waals surface area contributed by atoms with E-state index in [9.17, 15) is 0 Å². The van der Waals surface area contributed by atoms with Crippen molar-refractivity contribution in [1.82, 2.24) is 10.3 Å². The summed E-state index contributed by atoms with van der Waals surface area (Å²) in [6.45, 7) is 12.0. The molecule has 0 aliphatic carbocycles. The van der Waals surface area contributed by atoms with Crippen molar-refractivity contribution in [3.05, 3.63) is 22.3 Å². The van der Waals surface area contributed by atoms with Gasteiger partial charge in [0, 0.05) is 35.4 Å². The normalized spacial score (nSPS) is 12.4. The zero-order valence-electron chi connectivity index (χ0n) is 14.0. The lowest BCUT2D eigenvalue weighted by Crippen LogP contribution is -2.35. The van der Waals surface area contributed by atoms with Crippen molar-refractivity contribution in [2.75, 3.05) is 18.0 Å². The highest BCUT2D eigenvalue weighted by Gasteiger charge is 2.17. The van der Waals surface area contributed by atoms with Crippen molar-refractivity contribution >= 4 is 21.7 Å². The van der Waals surface area contributed by atoms with Gasteiger partial charge in [-0.25, -0.2) is 4.98 Å². The summed E-state index contributed by atoms with van der Waals surface area (Å²) in [6.07, 6.45) is 6.64. The molecular formula is C17H30BrN3. The first-order chi connectivity index (χ1) is 10.1. The van der Waals surface area contributed by atoms with Gasteiger partial charge in [0.1, 0.15) is 5.82 Å². The maximum atomic E-state index is 4.72. The van der Waals surface area contributed by atoms with E-state index in [4.69, 9.17) is 4.98 Å². The smallest absolute Gasteiger partial charge is 0.133 e. The highest BCUT2D eigenvalue weighted by Crippen LogP contribution is 2.24. The van der Waals surface area contributed by atoms with Gasteiger partial charge in [0.05, 0.1) is 0 Å². The van der Waals surface area contributed by atoms with Crippen LogP contribution < -0.4 is 10.2 Å². The Labute approximate surface area is 138 Å². The van der Waals surface area contributed by atoms with Gasteiger partial charge < -0.3 is 10.2 Å². The van der Waals surface area contributed by atoms with Crippen LogP contribution in [-0.2, 0) is 6.54 Å². The van der Waals surface area contributed by atoms with Gasteiger partial charge in [0.2, 0.25) is 0 Å². The molecule has 0 radical (unpaired) electrons. The standard InChI is InChI=1S/C17H30BrN3/c1-5-8-10-21(14(4)7-3)17-15(12-19-9-6-2)11-16(18)13-20-17/h11,13-14,19H,5-10,12H2,1-4H3. The van der Waals surface area contributed by atoms with Crippen molar-refractivity contribution < 1.29 is 0 Å². The monoisotopic (exact) mass is 355 g/mol. The van der Waals surface area contributed by atoms with E-state index in [1.807, 2.05) is 6.20 Å². The molecule has 1 aromatic heterocycles. The van der Waals surface area contributed by atoms with Gasteiger partial charge in [-0.05, 0) is 54.7 Å². The predicted octanol–water partition coefficient (Wildman–Crippen LogP) is 4.75. The average Bonchev–Trinajstić information content (AvgIpc) is 2.49. The zero-order chi connectivity index (χ0) is 15.7. The SMILES string of the molecule is CCCCN(c1ncc(Br)cc1CNCCC)C(C)CC. The van der Waals surface area contributed by atoms with E-state index in [-0.39, 0.29) is 0 Å². The summed E-state index contributed by atoms with van der Waals surface area (Å²) in [5.41, 5.74) is 1.29. The number of hydrogen-bond acceptors (Lipinski definition) is 3. The predicted molar refractivity (Wildman–Crippen MR) is 95.9 cm³/mol. The summed E-state index contributed by atoms with van der Waals surface area (Å²) in [7, 11) is 0. The van der Waals surface area contributed by atoms with E-state index in [0.717, 1.165) is 42.8 Å². The van der Waals surface area contributed by atoms with Crippen molar-refractivity contribution in [2.45, 2.75) is 66.0 Å². The van der Waals surface area contributed by atoms with E-state index in [1.54, 1.807) is 0 Å². The van der Waals surface area contributed by atoms with Crippen LogP contribution in [0, 0.1) is 0 Å². The zero-order valence-corrected chi connectivity index (χ0v) is 15.5. The Bertz CT molecular complexity index is 409. The summed E-state index contributed by atoms with van der Waals surface area (Å²) in [6, 6.07) is 2.72. The summed E-state index contributed by atoms with van der Waals surface area (Å²) in [5, 5.41) is 3.50. The highest BCUT2D eigenvalue weighted by atomic mass is 79.9. The van der Waals surface area contributed by atoms with Gasteiger partial charge in [-0.15, -0.1) is 0 Å². The molecule has 1 unspecified atom stereocenters. The largest absolute Gasteiger partial charge is 0.354 e. The van der Waals surface area contributed by atoms with Gasteiger partial charge in [0.15, 0.2) is 0 Å². The summed E-state index contributed by atoms with van der Waals surface area (Å²) in [4.78, 5) is 7.19. The fraction of sp³-hybridized carbons (Fsp3) is 0.706. The number of pyridine rings is 1. The van der Waals surface area contributed by atoms with Crippen molar-refractivity contribution in [3.63, 3.8) is 0 Å². The van der Waals surface area contributed by atoms with E-state index in [1.165, 1.54) is 18.4 Å². The minimum Gasteiger partial charge on any atom is -0.354 e. The molecule has 0 bridgehead atoms. The van der Waals surface area contributed by atoms with E-state index >= 15 is 0 Å². The van der Waals surface area contributed by atoms with Crippen LogP contribution in [0.25, 0.3) is 0 Å². The molecule has 1 aromatic rings. The average molecular weight is 356 g/mol. The van der Waals surface area contributed by atoms with Gasteiger partial charge in [-0.1, -0.05) is 27.2 Å². The second kappa shape index (κ2) is 10.2. The first-order valence-corrected chi connectivity index (χ1v) is 9.05. The first-order valence-electron chi connectivity index (χ1n) is 8.25. The first kappa shape index (κ1) is 18.4. The third kappa shape index (κ3) is 5.95. The van der Waals surface area contributed by atoms with Gasteiger partial charge in [-0.3, -0.25) is 0 Å². The Morgan fingerprint density at radius 1 is 1.29 bits per heavy atom. The molecule has 1 heterocycles. The maximum Gasteiger partial charge on any atom is 0.133 e. The topological polar surface area (TPSA) is 28.2 Å². The van der Waals surface area contributed by atoms with Gasteiger partial charge >= 0.3 is 0 Å². The minimum absolute atomic E-state index is 0.523. The Balaban J connectivity index is 2.98. The molecule has 4 heteroatoms. The van der Waals surface area contributed by atoms with E-state index in [2.05, 4.69) is 59.9 Å².